The molecule has 1 aromatic carbocycles. The molecule has 0 radical (unpaired) electrons. The van der Waals surface area contributed by atoms with Crippen molar-refractivity contribution in [3.8, 4) is 18.1 Å². The number of terminal acetylenes is 1. The maximum absolute atomic E-state index is 16.3. The van der Waals surface area contributed by atoms with Crippen molar-refractivity contribution >= 4 is 30.7 Å². The number of hydrogen-bond donors (Lipinski definition) is 2. The van der Waals surface area contributed by atoms with Crippen LogP contribution in [0.5, 0.6) is 5.75 Å². The third kappa shape index (κ3) is 5.71. The minimum Gasteiger partial charge on any atom is -0.468 e. The molecule has 1 aliphatic heterocycles. The second-order valence-corrected chi connectivity index (χ2v) is 11.9. The molecule has 5 rings (SSSR count). The number of para-hydroxylation sites is 1. The first-order valence-electron chi connectivity index (χ1n) is 13.3. The van der Waals surface area contributed by atoms with Crippen LogP contribution in [0.4, 0.5) is 10.2 Å². The highest BCUT2D eigenvalue weighted by Crippen LogP contribution is 2.48. The van der Waals surface area contributed by atoms with Gasteiger partial charge in [-0.2, -0.15) is 5.09 Å². The number of aliphatic hydroxyl groups excluding tert-OH is 1. The second-order valence-electron chi connectivity index (χ2n) is 10.2. The van der Waals surface area contributed by atoms with E-state index in [1.807, 2.05) is 17.9 Å². The molecular weight excluding hydrogens is 570 g/mol. The molecule has 1 aliphatic carbocycles. The number of ether oxygens (including phenoxy) is 2. The van der Waals surface area contributed by atoms with E-state index in [0.29, 0.717) is 23.2 Å². The molecule has 2 N–H and O–H groups in total. The first-order valence-corrected chi connectivity index (χ1v) is 14.8. The van der Waals surface area contributed by atoms with Gasteiger partial charge in [0, 0.05) is 13.1 Å². The summed E-state index contributed by atoms with van der Waals surface area (Å²) in [6.07, 6.45) is 4.13. The van der Waals surface area contributed by atoms with Crippen LogP contribution in [0.3, 0.4) is 0 Å². The van der Waals surface area contributed by atoms with E-state index in [1.54, 1.807) is 25.1 Å². The average Bonchev–Trinajstić information content (AvgIpc) is 3.70. The highest BCUT2D eigenvalue weighted by atomic mass is 31.2. The van der Waals surface area contributed by atoms with E-state index in [9.17, 15) is 14.5 Å². The molecule has 3 aromatic rings. The third-order valence-electron chi connectivity index (χ3n) is 7.15. The summed E-state index contributed by atoms with van der Waals surface area (Å²) in [6.45, 7) is 2.49. The first kappa shape index (κ1) is 29.9. The van der Waals surface area contributed by atoms with Crippen molar-refractivity contribution in [2.24, 2.45) is 0 Å². The van der Waals surface area contributed by atoms with Gasteiger partial charge in [-0.05, 0) is 38.8 Å². The lowest BCUT2D eigenvalue weighted by Gasteiger charge is -2.24. The van der Waals surface area contributed by atoms with Gasteiger partial charge in [0.1, 0.15) is 29.8 Å². The van der Waals surface area contributed by atoms with Crippen LogP contribution in [0.1, 0.15) is 31.8 Å². The number of aromatic nitrogens is 4. The topological polar surface area (TPSA) is 150 Å². The number of aryl methyl sites for hydroxylation is 1. The van der Waals surface area contributed by atoms with Gasteiger partial charge in [0.15, 0.2) is 23.2 Å². The predicted molar refractivity (Wildman–Crippen MR) is 149 cm³/mol. The SMILES string of the molecule is C#C[C@@]1(F)[C@H](O)[C@@H](CO[P@@](=O)(N[C@@H](C)C(=O)OC)Oc2ccccc2)O[C@H]1n1cnc2c(N(C)C3CC3)nc(C)nc21. The molecule has 224 valence electrons. The Morgan fingerprint density at radius 3 is 2.74 bits per heavy atom. The largest absolute Gasteiger partial charge is 0.468 e. The van der Waals surface area contributed by atoms with Gasteiger partial charge >= 0.3 is 13.7 Å². The summed E-state index contributed by atoms with van der Waals surface area (Å²) < 4.78 is 53.1. The van der Waals surface area contributed by atoms with Gasteiger partial charge in [0.05, 0.1) is 20.0 Å². The lowest BCUT2D eigenvalue weighted by molar-refractivity contribution is -0.142. The number of fused-ring (bicyclic) bond motifs is 1. The number of esters is 1. The summed E-state index contributed by atoms with van der Waals surface area (Å²) >= 11 is 0. The molecule has 1 saturated carbocycles. The normalized spacial score (nSPS) is 25.9. The minimum absolute atomic E-state index is 0.173. The van der Waals surface area contributed by atoms with Crippen molar-refractivity contribution in [1.82, 2.24) is 24.6 Å². The van der Waals surface area contributed by atoms with Crippen molar-refractivity contribution in [1.29, 1.82) is 0 Å². The van der Waals surface area contributed by atoms with Gasteiger partial charge in [-0.1, -0.05) is 24.1 Å². The molecule has 6 atom stereocenters. The number of nitrogens with zero attached hydrogens (tertiary/aromatic N) is 5. The Hall–Kier alpha value is -3.60. The van der Waals surface area contributed by atoms with Crippen LogP contribution >= 0.6 is 7.75 Å². The van der Waals surface area contributed by atoms with Crippen molar-refractivity contribution in [3.05, 3.63) is 42.5 Å². The van der Waals surface area contributed by atoms with E-state index in [-0.39, 0.29) is 11.4 Å². The fourth-order valence-electron chi connectivity index (χ4n) is 4.72. The Labute approximate surface area is 241 Å². The Bertz CT molecular complexity index is 1550. The molecule has 2 aromatic heterocycles. The lowest BCUT2D eigenvalue weighted by Crippen LogP contribution is -2.42. The quantitative estimate of drug-likeness (QED) is 0.189. The molecular formula is C27H32FN6O7P. The molecule has 42 heavy (non-hydrogen) atoms. The van der Waals surface area contributed by atoms with Gasteiger partial charge < -0.3 is 24.0 Å². The number of imidazole rings is 1. The smallest absolute Gasteiger partial charge is 0.459 e. The van der Waals surface area contributed by atoms with E-state index >= 15 is 4.39 Å². The van der Waals surface area contributed by atoms with E-state index < -0.39 is 50.5 Å². The third-order valence-corrected chi connectivity index (χ3v) is 8.79. The van der Waals surface area contributed by atoms with E-state index in [1.165, 1.54) is 37.1 Å². The standard InChI is InChI=1S/C27H32FN6O7P/c1-6-27(28)22(35)20(14-39-42(37,32-16(2)25(36)38-5)41-19-10-8-7-9-11-19)40-26(27)34-15-29-21-23(33(4)18-12-13-18)30-17(3)31-24(21)34/h1,7-11,15-16,18,20,22,26,35H,12-14H2,2-5H3,(H,32,37)/t16-,20+,22+,26+,27+,42-/m0/s1. The zero-order valence-corrected chi connectivity index (χ0v) is 24.4. The van der Waals surface area contributed by atoms with Crippen molar-refractivity contribution in [2.75, 3.05) is 25.7 Å². The van der Waals surface area contributed by atoms with E-state index in [2.05, 4.69) is 20.0 Å². The zero-order valence-electron chi connectivity index (χ0n) is 23.5. The number of methoxy groups -OCH3 is 1. The van der Waals surface area contributed by atoms with Crippen LogP contribution in [0.2, 0.25) is 0 Å². The highest BCUT2D eigenvalue weighted by Gasteiger charge is 2.58. The lowest BCUT2D eigenvalue weighted by atomic mass is 9.97. The van der Waals surface area contributed by atoms with Gasteiger partial charge in [-0.3, -0.25) is 13.9 Å². The van der Waals surface area contributed by atoms with Crippen LogP contribution in [0.15, 0.2) is 36.7 Å². The zero-order chi connectivity index (χ0) is 30.2. The van der Waals surface area contributed by atoms with E-state index in [4.69, 9.17) is 24.9 Å². The van der Waals surface area contributed by atoms with Crippen molar-refractivity contribution < 1.29 is 37.4 Å². The second kappa shape index (κ2) is 11.6. The van der Waals surface area contributed by atoms with Gasteiger partial charge in [-0.15, -0.1) is 6.42 Å². The molecule has 2 fully saturated rings. The monoisotopic (exact) mass is 602 g/mol. The summed E-state index contributed by atoms with van der Waals surface area (Å²) in [5, 5.41) is 13.5. The maximum atomic E-state index is 16.3. The molecule has 15 heteroatoms. The highest BCUT2D eigenvalue weighted by molar-refractivity contribution is 7.52. The number of alkyl halides is 1. The van der Waals surface area contributed by atoms with Gasteiger partial charge in [0.2, 0.25) is 5.67 Å². The fraction of sp³-hybridized carbons (Fsp3) is 0.481. The number of carbonyl (C=O) groups is 1. The van der Waals surface area contributed by atoms with Gasteiger partial charge in [-0.25, -0.2) is 23.9 Å². The predicted octanol–water partition coefficient (Wildman–Crippen LogP) is 2.69. The summed E-state index contributed by atoms with van der Waals surface area (Å²) in [5.74, 6) is 2.49. The fourth-order valence-corrected chi connectivity index (χ4v) is 6.22. The van der Waals surface area contributed by atoms with Gasteiger partial charge in [0.25, 0.3) is 0 Å². The molecule has 0 unspecified atom stereocenters. The minimum atomic E-state index is -4.30. The molecule has 2 aliphatic rings. The Balaban J connectivity index is 1.41. The summed E-state index contributed by atoms with van der Waals surface area (Å²) in [4.78, 5) is 27.4. The molecule has 0 bridgehead atoms. The summed E-state index contributed by atoms with van der Waals surface area (Å²) in [7, 11) is -1.22. The molecule has 1 saturated heterocycles. The van der Waals surface area contributed by atoms with Crippen LogP contribution in [-0.2, 0) is 23.4 Å². The van der Waals surface area contributed by atoms with Crippen LogP contribution < -0.4 is 14.5 Å². The number of rotatable bonds is 11. The summed E-state index contributed by atoms with van der Waals surface area (Å²) in [5.41, 5.74) is -2.04. The average molecular weight is 603 g/mol. The number of hydrogen-bond acceptors (Lipinski definition) is 11. The Kier molecular flexibility index (Phi) is 8.24. The number of nitrogens with one attached hydrogen (secondary N) is 1. The molecule has 0 amide bonds. The van der Waals surface area contributed by atoms with Crippen molar-refractivity contribution in [3.63, 3.8) is 0 Å². The summed E-state index contributed by atoms with van der Waals surface area (Å²) in [6, 6.07) is 7.32. The first-order chi connectivity index (χ1) is 20.0. The van der Waals surface area contributed by atoms with Crippen LogP contribution in [0, 0.1) is 19.3 Å². The maximum Gasteiger partial charge on any atom is 0.459 e. The number of anilines is 1. The van der Waals surface area contributed by atoms with E-state index in [0.717, 1.165) is 12.8 Å². The Morgan fingerprint density at radius 1 is 1.38 bits per heavy atom. The molecule has 0 spiro atoms. The van der Waals surface area contributed by atoms with Crippen LogP contribution in [0.25, 0.3) is 11.2 Å². The molecule has 13 nitrogen and oxygen atoms in total. The Morgan fingerprint density at radius 2 is 2.10 bits per heavy atom. The number of halogens is 1. The number of aliphatic hydroxyl groups is 1. The van der Waals surface area contributed by atoms with Crippen LogP contribution in [-0.4, -0.2) is 81.3 Å². The molecule has 3 heterocycles. The van der Waals surface area contributed by atoms with Crippen molar-refractivity contribution in [2.45, 2.75) is 62.9 Å². The number of benzene rings is 1. The number of carbonyl (C=O) groups excluding carboxylic acids is 1.